The molecule has 4 heteroatoms. The van der Waals surface area contributed by atoms with E-state index in [1.807, 2.05) is 30.3 Å². The highest BCUT2D eigenvalue weighted by atomic mass is 16.5. The van der Waals surface area contributed by atoms with E-state index in [0.717, 1.165) is 17.0 Å². The molecule has 2 N–H and O–H groups in total. The van der Waals surface area contributed by atoms with E-state index in [9.17, 15) is 0 Å². The van der Waals surface area contributed by atoms with Gasteiger partial charge in [-0.05, 0) is 30.2 Å². The molecule has 0 saturated carbocycles. The van der Waals surface area contributed by atoms with Crippen molar-refractivity contribution in [3.05, 3.63) is 36.0 Å². The van der Waals surface area contributed by atoms with Gasteiger partial charge in [0.25, 0.3) is 0 Å². The van der Waals surface area contributed by atoms with Gasteiger partial charge in [-0.1, -0.05) is 13.8 Å². The number of aromatic nitrogens is 2. The standard InChI is InChI=1S/C14H17N3O/c1-9(2)12-8-13(15)17-14(16-12)10-4-6-11(18-3)7-5-10/h4-9H,1-3H3,(H2,15,16,17). The van der Waals surface area contributed by atoms with Gasteiger partial charge in [0, 0.05) is 17.3 Å². The summed E-state index contributed by atoms with van der Waals surface area (Å²) in [4.78, 5) is 8.79. The SMILES string of the molecule is COc1ccc(-c2nc(N)cc(C(C)C)n2)cc1. The summed E-state index contributed by atoms with van der Waals surface area (Å²) < 4.78 is 5.13. The van der Waals surface area contributed by atoms with Gasteiger partial charge in [0.05, 0.1) is 7.11 Å². The molecule has 1 aromatic carbocycles. The molecule has 1 aromatic heterocycles. The van der Waals surface area contributed by atoms with Crippen molar-refractivity contribution in [3.8, 4) is 17.1 Å². The number of benzene rings is 1. The molecule has 2 aromatic rings. The quantitative estimate of drug-likeness (QED) is 0.900. The van der Waals surface area contributed by atoms with Crippen molar-refractivity contribution in [1.29, 1.82) is 0 Å². The summed E-state index contributed by atoms with van der Waals surface area (Å²) in [6, 6.07) is 9.45. The molecule has 1 heterocycles. The Kier molecular flexibility index (Phi) is 3.46. The van der Waals surface area contributed by atoms with Gasteiger partial charge in [-0.2, -0.15) is 0 Å². The zero-order chi connectivity index (χ0) is 13.1. The third-order valence-electron chi connectivity index (χ3n) is 2.71. The first-order valence-corrected chi connectivity index (χ1v) is 5.89. The van der Waals surface area contributed by atoms with Crippen LogP contribution in [0.15, 0.2) is 30.3 Å². The van der Waals surface area contributed by atoms with Crippen LogP contribution >= 0.6 is 0 Å². The van der Waals surface area contributed by atoms with Crippen LogP contribution in [0.1, 0.15) is 25.5 Å². The van der Waals surface area contributed by atoms with E-state index in [1.54, 1.807) is 7.11 Å². The summed E-state index contributed by atoms with van der Waals surface area (Å²) in [5, 5.41) is 0. The second kappa shape index (κ2) is 5.04. The van der Waals surface area contributed by atoms with Crippen molar-refractivity contribution >= 4 is 5.82 Å². The number of anilines is 1. The van der Waals surface area contributed by atoms with E-state index in [-0.39, 0.29) is 0 Å². The molecule has 4 nitrogen and oxygen atoms in total. The summed E-state index contributed by atoms with van der Waals surface area (Å²) >= 11 is 0. The molecule has 0 atom stereocenters. The lowest BCUT2D eigenvalue weighted by Crippen LogP contribution is -2.01. The van der Waals surface area contributed by atoms with E-state index < -0.39 is 0 Å². The van der Waals surface area contributed by atoms with Crippen molar-refractivity contribution in [3.63, 3.8) is 0 Å². The maximum Gasteiger partial charge on any atom is 0.161 e. The number of rotatable bonds is 3. The number of hydrogen-bond acceptors (Lipinski definition) is 4. The van der Waals surface area contributed by atoms with E-state index >= 15 is 0 Å². The molecule has 0 bridgehead atoms. The molecule has 0 aliphatic rings. The smallest absolute Gasteiger partial charge is 0.161 e. The third kappa shape index (κ3) is 2.59. The van der Waals surface area contributed by atoms with Crippen LogP contribution in [0.2, 0.25) is 0 Å². The molecular weight excluding hydrogens is 226 g/mol. The van der Waals surface area contributed by atoms with E-state index in [2.05, 4.69) is 23.8 Å². The highest BCUT2D eigenvalue weighted by molar-refractivity contribution is 5.58. The van der Waals surface area contributed by atoms with E-state index in [0.29, 0.717) is 17.6 Å². The Morgan fingerprint density at radius 1 is 1.11 bits per heavy atom. The van der Waals surface area contributed by atoms with Crippen molar-refractivity contribution in [1.82, 2.24) is 9.97 Å². The molecule has 94 valence electrons. The van der Waals surface area contributed by atoms with Gasteiger partial charge >= 0.3 is 0 Å². The lowest BCUT2D eigenvalue weighted by atomic mass is 10.1. The highest BCUT2D eigenvalue weighted by Gasteiger charge is 2.08. The lowest BCUT2D eigenvalue weighted by Gasteiger charge is -2.08. The van der Waals surface area contributed by atoms with Crippen LogP contribution in [0.3, 0.4) is 0 Å². The topological polar surface area (TPSA) is 61.0 Å². The fourth-order valence-corrected chi connectivity index (χ4v) is 1.65. The molecule has 2 rings (SSSR count). The zero-order valence-electron chi connectivity index (χ0n) is 10.8. The predicted octanol–water partition coefficient (Wildman–Crippen LogP) is 2.86. The number of ether oxygens (including phenoxy) is 1. The second-order valence-corrected chi connectivity index (χ2v) is 4.42. The van der Waals surface area contributed by atoms with Crippen LogP contribution < -0.4 is 10.5 Å². The van der Waals surface area contributed by atoms with Crippen LogP contribution in [0.5, 0.6) is 5.75 Å². The van der Waals surface area contributed by atoms with Gasteiger partial charge in [0.15, 0.2) is 5.82 Å². The first kappa shape index (κ1) is 12.4. The Labute approximate surface area is 107 Å². The Morgan fingerprint density at radius 3 is 2.33 bits per heavy atom. The molecule has 18 heavy (non-hydrogen) atoms. The summed E-state index contributed by atoms with van der Waals surface area (Å²) in [6.07, 6.45) is 0. The monoisotopic (exact) mass is 243 g/mol. The van der Waals surface area contributed by atoms with Crippen LogP contribution in [0, 0.1) is 0 Å². The number of nitrogens with zero attached hydrogens (tertiary/aromatic N) is 2. The number of nitrogen functional groups attached to an aromatic ring is 1. The van der Waals surface area contributed by atoms with Crippen molar-refractivity contribution in [2.24, 2.45) is 0 Å². The molecule has 0 aliphatic carbocycles. The maximum atomic E-state index is 5.81. The second-order valence-electron chi connectivity index (χ2n) is 4.42. The molecule has 0 unspecified atom stereocenters. The molecule has 0 saturated heterocycles. The van der Waals surface area contributed by atoms with Crippen molar-refractivity contribution in [2.75, 3.05) is 12.8 Å². The predicted molar refractivity (Wildman–Crippen MR) is 72.5 cm³/mol. The van der Waals surface area contributed by atoms with Gasteiger partial charge in [-0.3, -0.25) is 0 Å². The molecule has 0 amide bonds. The van der Waals surface area contributed by atoms with Gasteiger partial charge < -0.3 is 10.5 Å². The molecule has 0 fully saturated rings. The van der Waals surface area contributed by atoms with E-state index in [4.69, 9.17) is 10.5 Å². The summed E-state index contributed by atoms with van der Waals surface area (Å²) in [6.45, 7) is 4.17. The lowest BCUT2D eigenvalue weighted by molar-refractivity contribution is 0.415. The van der Waals surface area contributed by atoms with Gasteiger partial charge in [0.2, 0.25) is 0 Å². The minimum atomic E-state index is 0.326. The van der Waals surface area contributed by atoms with Gasteiger partial charge in [-0.25, -0.2) is 9.97 Å². The minimum Gasteiger partial charge on any atom is -0.497 e. The number of methoxy groups -OCH3 is 1. The zero-order valence-corrected chi connectivity index (χ0v) is 10.8. The minimum absolute atomic E-state index is 0.326. The first-order valence-electron chi connectivity index (χ1n) is 5.89. The van der Waals surface area contributed by atoms with Crippen LogP contribution in [0.25, 0.3) is 11.4 Å². The summed E-state index contributed by atoms with van der Waals surface area (Å²) in [5.74, 6) is 2.29. The Bertz CT molecular complexity index is 535. The molecule has 0 spiro atoms. The van der Waals surface area contributed by atoms with Gasteiger partial charge in [-0.15, -0.1) is 0 Å². The first-order chi connectivity index (χ1) is 8.60. The summed E-state index contributed by atoms with van der Waals surface area (Å²) in [5.41, 5.74) is 7.70. The average molecular weight is 243 g/mol. The molecular formula is C14H17N3O. The Hall–Kier alpha value is -2.10. The van der Waals surface area contributed by atoms with Crippen molar-refractivity contribution < 1.29 is 4.74 Å². The van der Waals surface area contributed by atoms with Crippen LogP contribution in [0.4, 0.5) is 5.82 Å². The Morgan fingerprint density at radius 2 is 1.78 bits per heavy atom. The molecule has 0 aliphatic heterocycles. The van der Waals surface area contributed by atoms with Crippen molar-refractivity contribution in [2.45, 2.75) is 19.8 Å². The Balaban J connectivity index is 2.42. The van der Waals surface area contributed by atoms with Crippen LogP contribution in [-0.4, -0.2) is 17.1 Å². The average Bonchev–Trinajstić information content (AvgIpc) is 2.38. The summed E-state index contributed by atoms with van der Waals surface area (Å²) in [7, 11) is 1.64. The third-order valence-corrected chi connectivity index (χ3v) is 2.71. The molecule has 0 radical (unpaired) electrons. The highest BCUT2D eigenvalue weighted by Crippen LogP contribution is 2.22. The maximum absolute atomic E-state index is 5.81. The number of hydrogen-bond donors (Lipinski definition) is 1. The largest absolute Gasteiger partial charge is 0.497 e. The van der Waals surface area contributed by atoms with Crippen LogP contribution in [-0.2, 0) is 0 Å². The fraction of sp³-hybridized carbons (Fsp3) is 0.286. The van der Waals surface area contributed by atoms with Gasteiger partial charge in [0.1, 0.15) is 11.6 Å². The fourth-order valence-electron chi connectivity index (χ4n) is 1.65. The number of nitrogens with two attached hydrogens (primary N) is 1. The normalized spacial score (nSPS) is 10.7. The van der Waals surface area contributed by atoms with E-state index in [1.165, 1.54) is 0 Å².